The average molecular weight is 353 g/mol. The molecule has 0 aliphatic carbocycles. The van der Waals surface area contributed by atoms with Gasteiger partial charge in [0.2, 0.25) is 5.91 Å². The molecular weight excluding hydrogens is 330 g/mol. The first-order chi connectivity index (χ1) is 12.5. The fraction of sp³-hybridized carbons (Fsp3) is 0.350. The van der Waals surface area contributed by atoms with E-state index in [1.54, 1.807) is 21.0 Å². The normalized spacial score (nSPS) is 10.4. The lowest BCUT2D eigenvalue weighted by Crippen LogP contribution is -2.24. The maximum atomic E-state index is 12.2. The number of hydrogen-bond donors (Lipinski definition) is 2. The SMILES string of the molecule is COCc1cccc(CNC(=O)CCc2c(C)[nH]c(=O)c(C#N)c2C)c1. The first-order valence-electron chi connectivity index (χ1n) is 8.42. The average Bonchev–Trinajstić information content (AvgIpc) is 2.60. The zero-order chi connectivity index (χ0) is 19.1. The van der Waals surface area contributed by atoms with Gasteiger partial charge in [-0.05, 0) is 42.5 Å². The lowest BCUT2D eigenvalue weighted by atomic mass is 9.99. The van der Waals surface area contributed by atoms with Crippen molar-refractivity contribution in [1.29, 1.82) is 5.26 Å². The molecule has 2 N–H and O–H groups in total. The summed E-state index contributed by atoms with van der Waals surface area (Å²) in [7, 11) is 1.65. The number of nitrogens with zero attached hydrogens (tertiary/aromatic N) is 1. The van der Waals surface area contributed by atoms with Gasteiger partial charge in [0.25, 0.3) is 5.56 Å². The van der Waals surface area contributed by atoms with E-state index in [0.29, 0.717) is 30.8 Å². The molecule has 1 heterocycles. The Hall–Kier alpha value is -2.91. The van der Waals surface area contributed by atoms with E-state index in [0.717, 1.165) is 16.7 Å². The number of amides is 1. The van der Waals surface area contributed by atoms with Crippen LogP contribution in [0.1, 0.15) is 39.9 Å². The number of H-pyrrole nitrogens is 1. The predicted octanol–water partition coefficient (Wildman–Crippen LogP) is 2.26. The molecule has 0 fully saturated rings. The molecule has 0 atom stereocenters. The summed E-state index contributed by atoms with van der Waals surface area (Å²) in [5, 5.41) is 12.0. The minimum Gasteiger partial charge on any atom is -0.380 e. The van der Waals surface area contributed by atoms with Crippen LogP contribution in [-0.2, 0) is 29.1 Å². The molecule has 6 nitrogen and oxygen atoms in total. The lowest BCUT2D eigenvalue weighted by Gasteiger charge is -2.11. The summed E-state index contributed by atoms with van der Waals surface area (Å²) in [6, 6.07) is 9.79. The Bertz CT molecular complexity index is 894. The van der Waals surface area contributed by atoms with E-state index in [1.807, 2.05) is 30.3 Å². The first-order valence-corrected chi connectivity index (χ1v) is 8.42. The van der Waals surface area contributed by atoms with E-state index < -0.39 is 0 Å². The molecule has 1 amide bonds. The van der Waals surface area contributed by atoms with Crippen molar-refractivity contribution < 1.29 is 9.53 Å². The predicted molar refractivity (Wildman–Crippen MR) is 98.6 cm³/mol. The van der Waals surface area contributed by atoms with E-state index in [4.69, 9.17) is 10.00 Å². The molecule has 1 aromatic carbocycles. The topological polar surface area (TPSA) is 95.0 Å². The van der Waals surface area contributed by atoms with Crippen LogP contribution >= 0.6 is 0 Å². The van der Waals surface area contributed by atoms with Crippen molar-refractivity contribution >= 4 is 5.91 Å². The maximum absolute atomic E-state index is 12.2. The van der Waals surface area contributed by atoms with Crippen molar-refractivity contribution in [1.82, 2.24) is 10.3 Å². The van der Waals surface area contributed by atoms with Crippen LogP contribution in [0.3, 0.4) is 0 Å². The number of aromatic nitrogens is 1. The Morgan fingerprint density at radius 3 is 2.73 bits per heavy atom. The summed E-state index contributed by atoms with van der Waals surface area (Å²) in [4.78, 5) is 26.6. The van der Waals surface area contributed by atoms with Gasteiger partial charge < -0.3 is 15.0 Å². The number of ether oxygens (including phenoxy) is 1. The Kier molecular flexibility index (Phi) is 6.70. The molecule has 0 radical (unpaired) electrons. The third kappa shape index (κ3) is 4.80. The second-order valence-electron chi connectivity index (χ2n) is 6.20. The fourth-order valence-corrected chi connectivity index (χ4v) is 2.94. The number of nitrogens with one attached hydrogen (secondary N) is 2. The molecule has 0 bridgehead atoms. The molecule has 26 heavy (non-hydrogen) atoms. The van der Waals surface area contributed by atoms with E-state index in [9.17, 15) is 9.59 Å². The van der Waals surface area contributed by atoms with Crippen molar-refractivity contribution in [3.05, 3.63) is 68.1 Å². The number of rotatable bonds is 7. The van der Waals surface area contributed by atoms with Gasteiger partial charge in [0.15, 0.2) is 0 Å². The number of methoxy groups -OCH3 is 1. The number of aryl methyl sites for hydroxylation is 1. The van der Waals surface area contributed by atoms with Crippen molar-refractivity contribution in [3.63, 3.8) is 0 Å². The van der Waals surface area contributed by atoms with Gasteiger partial charge in [0, 0.05) is 25.8 Å². The Morgan fingerprint density at radius 2 is 2.04 bits per heavy atom. The van der Waals surface area contributed by atoms with Crippen LogP contribution < -0.4 is 10.9 Å². The highest BCUT2D eigenvalue weighted by Crippen LogP contribution is 2.15. The van der Waals surface area contributed by atoms with Gasteiger partial charge in [-0.25, -0.2) is 0 Å². The quantitative estimate of drug-likeness (QED) is 0.798. The third-order valence-electron chi connectivity index (χ3n) is 4.31. The standard InChI is InChI=1S/C20H23N3O3/c1-13-17(14(2)23-20(25)18(13)10-21)7-8-19(24)22-11-15-5-4-6-16(9-15)12-26-3/h4-6,9H,7-8,11-12H2,1-3H3,(H,22,24)(H,23,25). The zero-order valence-corrected chi connectivity index (χ0v) is 15.3. The number of nitriles is 1. The van der Waals surface area contributed by atoms with E-state index in [-0.39, 0.29) is 23.5 Å². The van der Waals surface area contributed by atoms with E-state index >= 15 is 0 Å². The highest BCUT2D eigenvalue weighted by Gasteiger charge is 2.13. The van der Waals surface area contributed by atoms with Crippen molar-refractivity contribution in [3.8, 4) is 6.07 Å². The van der Waals surface area contributed by atoms with Crippen LogP contribution in [0.5, 0.6) is 0 Å². The van der Waals surface area contributed by atoms with Gasteiger partial charge in [0.05, 0.1) is 6.61 Å². The Morgan fingerprint density at radius 1 is 1.31 bits per heavy atom. The molecule has 136 valence electrons. The van der Waals surface area contributed by atoms with Gasteiger partial charge in [-0.2, -0.15) is 5.26 Å². The molecule has 2 rings (SSSR count). The van der Waals surface area contributed by atoms with Crippen LogP contribution in [0.2, 0.25) is 0 Å². The van der Waals surface area contributed by atoms with Gasteiger partial charge in [-0.15, -0.1) is 0 Å². The van der Waals surface area contributed by atoms with E-state index in [2.05, 4.69) is 10.3 Å². The number of aromatic amines is 1. The second-order valence-corrected chi connectivity index (χ2v) is 6.20. The lowest BCUT2D eigenvalue weighted by molar-refractivity contribution is -0.121. The molecule has 0 saturated heterocycles. The molecular formula is C20H23N3O3. The van der Waals surface area contributed by atoms with Crippen LogP contribution in [-0.4, -0.2) is 18.0 Å². The van der Waals surface area contributed by atoms with Crippen molar-refractivity contribution in [2.24, 2.45) is 0 Å². The molecule has 0 spiro atoms. The molecule has 2 aromatic rings. The zero-order valence-electron chi connectivity index (χ0n) is 15.3. The van der Waals surface area contributed by atoms with Gasteiger partial charge in [-0.1, -0.05) is 24.3 Å². The number of benzene rings is 1. The molecule has 6 heteroatoms. The minimum absolute atomic E-state index is 0.0781. The van der Waals surface area contributed by atoms with Crippen LogP contribution in [0.15, 0.2) is 29.1 Å². The van der Waals surface area contributed by atoms with Crippen molar-refractivity contribution in [2.45, 2.75) is 39.8 Å². The second kappa shape index (κ2) is 8.97. The summed E-state index contributed by atoms with van der Waals surface area (Å²) in [6.45, 7) is 4.51. The maximum Gasteiger partial charge on any atom is 0.266 e. The van der Waals surface area contributed by atoms with Crippen LogP contribution in [0, 0.1) is 25.2 Å². The molecule has 1 aromatic heterocycles. The van der Waals surface area contributed by atoms with Gasteiger partial charge in [0.1, 0.15) is 11.6 Å². The molecule has 0 aliphatic rings. The van der Waals surface area contributed by atoms with Crippen LogP contribution in [0.25, 0.3) is 0 Å². The van der Waals surface area contributed by atoms with Crippen LogP contribution in [0.4, 0.5) is 0 Å². The fourth-order valence-electron chi connectivity index (χ4n) is 2.94. The van der Waals surface area contributed by atoms with E-state index in [1.165, 1.54) is 0 Å². The highest BCUT2D eigenvalue weighted by atomic mass is 16.5. The summed E-state index contributed by atoms with van der Waals surface area (Å²) >= 11 is 0. The smallest absolute Gasteiger partial charge is 0.266 e. The van der Waals surface area contributed by atoms with Crippen molar-refractivity contribution in [2.75, 3.05) is 7.11 Å². The number of hydrogen-bond acceptors (Lipinski definition) is 4. The largest absolute Gasteiger partial charge is 0.380 e. The number of carbonyl (C=O) groups excluding carboxylic acids is 1. The summed E-state index contributed by atoms with van der Waals surface area (Å²) in [5.41, 5.74) is 3.99. The highest BCUT2D eigenvalue weighted by molar-refractivity contribution is 5.76. The summed E-state index contributed by atoms with van der Waals surface area (Å²) in [6.07, 6.45) is 0.759. The Labute approximate surface area is 152 Å². The summed E-state index contributed by atoms with van der Waals surface area (Å²) < 4.78 is 5.11. The molecule has 0 saturated carbocycles. The first kappa shape index (κ1) is 19.4. The van der Waals surface area contributed by atoms with Gasteiger partial charge >= 0.3 is 0 Å². The summed E-state index contributed by atoms with van der Waals surface area (Å²) in [5.74, 6) is -0.0781. The molecule has 0 aliphatic heterocycles. The number of pyridine rings is 1. The molecule has 0 unspecified atom stereocenters. The third-order valence-corrected chi connectivity index (χ3v) is 4.31. The Balaban J connectivity index is 1.97. The monoisotopic (exact) mass is 353 g/mol. The number of carbonyl (C=O) groups is 1. The minimum atomic E-state index is -0.383. The van der Waals surface area contributed by atoms with Gasteiger partial charge in [-0.3, -0.25) is 9.59 Å².